The molecule has 0 aromatic heterocycles. The quantitative estimate of drug-likeness (QED) is 0.600. The third-order valence-corrected chi connectivity index (χ3v) is 1.10. The summed E-state index contributed by atoms with van der Waals surface area (Å²) in [6.45, 7) is 5.00. The zero-order chi connectivity index (χ0) is 7.56. The molecule has 0 unspecified atom stereocenters. The molecule has 0 saturated carbocycles. The van der Waals surface area contributed by atoms with Crippen molar-refractivity contribution in [2.45, 2.75) is 13.8 Å². The predicted octanol–water partition coefficient (Wildman–Crippen LogP) is 0.751. The lowest BCUT2D eigenvalue weighted by Crippen LogP contribution is -2.30. The Morgan fingerprint density at radius 2 is 2.50 bits per heavy atom. The van der Waals surface area contributed by atoms with Gasteiger partial charge in [-0.3, -0.25) is 5.01 Å². The zero-order valence-corrected chi connectivity index (χ0v) is 6.16. The van der Waals surface area contributed by atoms with Crippen molar-refractivity contribution in [3.63, 3.8) is 0 Å². The van der Waals surface area contributed by atoms with Crippen molar-refractivity contribution in [2.75, 3.05) is 6.54 Å². The first-order valence-electron chi connectivity index (χ1n) is 3.28. The van der Waals surface area contributed by atoms with Gasteiger partial charge in [0.05, 0.1) is 0 Å². The Labute approximate surface area is 60.0 Å². The van der Waals surface area contributed by atoms with E-state index in [1.807, 2.05) is 0 Å². The minimum absolute atomic E-state index is 0.0827. The first-order chi connectivity index (χ1) is 4.68. The molecule has 0 bridgehead atoms. The fraction of sp³-hybridized carbons (Fsp3) is 0.667. The maximum atomic E-state index is 8.75. The van der Waals surface area contributed by atoms with E-state index in [4.69, 9.17) is 5.11 Å². The predicted molar refractivity (Wildman–Crippen MR) is 36.5 cm³/mol. The van der Waals surface area contributed by atoms with E-state index < -0.39 is 0 Å². The molecule has 0 aromatic rings. The number of hydrazine groups is 1. The second-order valence-electron chi connectivity index (χ2n) is 2.71. The van der Waals surface area contributed by atoms with Gasteiger partial charge in [-0.1, -0.05) is 19.4 Å². The summed E-state index contributed by atoms with van der Waals surface area (Å²) >= 11 is 0. The van der Waals surface area contributed by atoms with Gasteiger partial charge in [0.15, 0.2) is 0 Å². The summed E-state index contributed by atoms with van der Waals surface area (Å²) in [5.74, 6) is 0.457. The molecule has 4 nitrogen and oxygen atoms in total. The molecule has 58 valence electrons. The van der Waals surface area contributed by atoms with Crippen molar-refractivity contribution in [3.05, 3.63) is 12.1 Å². The van der Waals surface area contributed by atoms with Gasteiger partial charge in [0.2, 0.25) is 0 Å². The van der Waals surface area contributed by atoms with E-state index in [-0.39, 0.29) is 5.95 Å². The molecule has 0 amide bonds. The third kappa shape index (κ3) is 1.80. The molecule has 0 fully saturated rings. The van der Waals surface area contributed by atoms with Crippen molar-refractivity contribution in [3.8, 4) is 0 Å². The Kier molecular flexibility index (Phi) is 2.01. The van der Waals surface area contributed by atoms with Gasteiger partial charge in [0.1, 0.15) is 6.20 Å². The summed E-state index contributed by atoms with van der Waals surface area (Å²) in [6, 6.07) is 0. The lowest BCUT2D eigenvalue weighted by molar-refractivity contribution is -0.0245. The number of rotatable bonds is 2. The van der Waals surface area contributed by atoms with Crippen LogP contribution in [0.25, 0.3) is 0 Å². The molecule has 4 heteroatoms. The van der Waals surface area contributed by atoms with Gasteiger partial charge in [0, 0.05) is 6.54 Å². The molecule has 1 aliphatic heterocycles. The number of aliphatic hydroxyl groups excluding tert-OH is 1. The summed E-state index contributed by atoms with van der Waals surface area (Å²) in [5.41, 5.74) is 2.53. The average Bonchev–Trinajstić information content (AvgIpc) is 2.13. The van der Waals surface area contributed by atoms with Crippen molar-refractivity contribution in [1.82, 2.24) is 10.6 Å². The maximum Gasteiger partial charge on any atom is 0.317 e. The second-order valence-corrected chi connectivity index (χ2v) is 2.71. The Morgan fingerprint density at radius 1 is 1.80 bits per heavy atom. The minimum Gasteiger partial charge on any atom is -0.479 e. The number of aliphatic hydroxyl groups is 1. The van der Waals surface area contributed by atoms with Crippen LogP contribution in [0.3, 0.4) is 0 Å². The van der Waals surface area contributed by atoms with E-state index in [0.29, 0.717) is 5.92 Å². The van der Waals surface area contributed by atoms with Crippen LogP contribution in [-0.4, -0.2) is 16.7 Å². The van der Waals surface area contributed by atoms with Gasteiger partial charge >= 0.3 is 5.95 Å². The van der Waals surface area contributed by atoms with Crippen molar-refractivity contribution < 1.29 is 9.94 Å². The van der Waals surface area contributed by atoms with Crippen LogP contribution < -0.4 is 5.59 Å². The molecule has 1 heterocycles. The molecular formula is C6H12N2O2. The van der Waals surface area contributed by atoms with E-state index in [2.05, 4.69) is 24.3 Å². The summed E-state index contributed by atoms with van der Waals surface area (Å²) < 4.78 is 0. The number of nitrogens with zero attached hydrogens (tertiary/aromatic N) is 1. The van der Waals surface area contributed by atoms with E-state index in [1.54, 1.807) is 5.01 Å². The molecule has 0 radical (unpaired) electrons. The van der Waals surface area contributed by atoms with Crippen LogP contribution in [0.5, 0.6) is 0 Å². The lowest BCUT2D eigenvalue weighted by atomic mass is 10.2. The first kappa shape index (κ1) is 7.21. The van der Waals surface area contributed by atoms with Crippen LogP contribution in [0.4, 0.5) is 0 Å². The monoisotopic (exact) mass is 144 g/mol. The first-order valence-corrected chi connectivity index (χ1v) is 3.28. The van der Waals surface area contributed by atoms with Gasteiger partial charge in [-0.15, -0.1) is 0 Å². The fourth-order valence-electron chi connectivity index (χ4n) is 0.775. The molecule has 1 rings (SSSR count). The van der Waals surface area contributed by atoms with Crippen LogP contribution in [0.2, 0.25) is 0 Å². The van der Waals surface area contributed by atoms with Crippen molar-refractivity contribution in [2.24, 2.45) is 5.92 Å². The molecule has 0 saturated heterocycles. The molecular weight excluding hydrogens is 132 g/mol. The van der Waals surface area contributed by atoms with E-state index >= 15 is 0 Å². The van der Waals surface area contributed by atoms with E-state index in [1.165, 1.54) is 6.20 Å². The normalized spacial score (nSPS) is 17.5. The van der Waals surface area contributed by atoms with Gasteiger partial charge in [-0.05, 0) is 5.92 Å². The Hall–Kier alpha value is -0.900. The fourth-order valence-corrected chi connectivity index (χ4v) is 0.775. The number of hydrogen-bond donors (Lipinski definition) is 2. The molecule has 2 N–H and O–H groups in total. The highest BCUT2D eigenvalue weighted by molar-refractivity contribution is 4.83. The van der Waals surface area contributed by atoms with Crippen LogP contribution in [-0.2, 0) is 4.84 Å². The standard InChI is InChI=1S/C6H12N2O2/c1-5(2)3-8-4-6(9)10-7-8/h4-5,7,9H,3H2,1-2H3. The highest BCUT2D eigenvalue weighted by Crippen LogP contribution is 2.04. The highest BCUT2D eigenvalue weighted by atomic mass is 16.8. The van der Waals surface area contributed by atoms with E-state index in [0.717, 1.165) is 6.54 Å². The van der Waals surface area contributed by atoms with Gasteiger partial charge < -0.3 is 9.94 Å². The lowest BCUT2D eigenvalue weighted by Gasteiger charge is -2.14. The number of nitrogens with one attached hydrogen (secondary N) is 1. The Balaban J connectivity index is 2.31. The zero-order valence-electron chi connectivity index (χ0n) is 6.16. The average molecular weight is 144 g/mol. The van der Waals surface area contributed by atoms with Crippen LogP contribution >= 0.6 is 0 Å². The largest absolute Gasteiger partial charge is 0.479 e. The minimum atomic E-state index is -0.0827. The SMILES string of the molecule is CC(C)CN1C=C(O)ON1. The molecule has 0 aromatic carbocycles. The molecule has 10 heavy (non-hydrogen) atoms. The summed E-state index contributed by atoms with van der Waals surface area (Å²) in [4.78, 5) is 4.56. The van der Waals surface area contributed by atoms with Gasteiger partial charge in [-0.25, -0.2) is 0 Å². The molecule has 0 aliphatic carbocycles. The second kappa shape index (κ2) is 2.79. The molecule has 1 aliphatic rings. The van der Waals surface area contributed by atoms with Crippen LogP contribution in [0.1, 0.15) is 13.8 Å². The van der Waals surface area contributed by atoms with Crippen molar-refractivity contribution >= 4 is 0 Å². The number of hydrogen-bond acceptors (Lipinski definition) is 4. The summed E-state index contributed by atoms with van der Waals surface area (Å²) in [7, 11) is 0. The summed E-state index contributed by atoms with van der Waals surface area (Å²) in [5, 5.41) is 10.4. The van der Waals surface area contributed by atoms with Crippen molar-refractivity contribution in [1.29, 1.82) is 0 Å². The maximum absolute atomic E-state index is 8.75. The summed E-state index contributed by atoms with van der Waals surface area (Å²) in [6.07, 6.45) is 1.51. The van der Waals surface area contributed by atoms with Gasteiger partial charge in [-0.2, -0.15) is 0 Å². The van der Waals surface area contributed by atoms with Crippen LogP contribution in [0.15, 0.2) is 12.1 Å². The van der Waals surface area contributed by atoms with Crippen LogP contribution in [0, 0.1) is 5.92 Å². The Bertz CT molecular complexity index is 145. The smallest absolute Gasteiger partial charge is 0.317 e. The van der Waals surface area contributed by atoms with Gasteiger partial charge in [0.25, 0.3) is 0 Å². The van der Waals surface area contributed by atoms with E-state index in [9.17, 15) is 0 Å². The highest BCUT2D eigenvalue weighted by Gasteiger charge is 2.11. The Morgan fingerprint density at radius 3 is 2.90 bits per heavy atom. The molecule has 0 spiro atoms. The molecule has 0 atom stereocenters. The topological polar surface area (TPSA) is 44.7 Å². The third-order valence-electron chi connectivity index (χ3n) is 1.10.